The summed E-state index contributed by atoms with van der Waals surface area (Å²) >= 11 is 0. The van der Waals surface area contributed by atoms with E-state index < -0.39 is 0 Å². The second-order valence-electron chi connectivity index (χ2n) is 6.83. The highest BCUT2D eigenvalue weighted by Crippen LogP contribution is 2.26. The Labute approximate surface area is 153 Å². The fourth-order valence-electron chi connectivity index (χ4n) is 3.42. The van der Waals surface area contributed by atoms with Crippen LogP contribution in [0.3, 0.4) is 0 Å². The molecule has 26 heavy (non-hydrogen) atoms. The van der Waals surface area contributed by atoms with Crippen molar-refractivity contribution >= 4 is 12.0 Å². The number of hydrogen-bond acceptors (Lipinski definition) is 5. The minimum atomic E-state index is 0.0666. The first-order valence-electron chi connectivity index (χ1n) is 9.05. The second kappa shape index (κ2) is 7.33. The number of hydrogen-bond donors (Lipinski definition) is 0. The highest BCUT2D eigenvalue weighted by molar-refractivity contribution is 5.91. The molecule has 0 unspecified atom stereocenters. The van der Waals surface area contributed by atoms with E-state index >= 15 is 0 Å². The Bertz CT molecular complexity index is 819. The Morgan fingerprint density at radius 1 is 1.23 bits per heavy atom. The van der Waals surface area contributed by atoms with Crippen molar-refractivity contribution in [3.8, 4) is 5.75 Å². The molecule has 2 aromatic rings. The molecule has 6 heteroatoms. The number of carbonyl (C=O) groups is 1. The van der Waals surface area contributed by atoms with Crippen molar-refractivity contribution in [2.45, 2.75) is 19.9 Å². The van der Waals surface area contributed by atoms with Crippen LogP contribution in [0.1, 0.15) is 22.6 Å². The van der Waals surface area contributed by atoms with Crippen LogP contribution < -0.4 is 4.74 Å². The summed E-state index contributed by atoms with van der Waals surface area (Å²) in [6.07, 6.45) is 4.51. The lowest BCUT2D eigenvalue weighted by molar-refractivity contribution is -0.127. The number of carbonyl (C=O) groups excluding carboxylic acids is 1. The number of fused-ring (bicyclic) bond motifs is 1. The number of nitrogens with zero attached hydrogens (tertiary/aromatic N) is 3. The van der Waals surface area contributed by atoms with Gasteiger partial charge in [-0.25, -0.2) is 0 Å². The van der Waals surface area contributed by atoms with E-state index in [9.17, 15) is 4.79 Å². The summed E-state index contributed by atoms with van der Waals surface area (Å²) in [5.41, 5.74) is 3.16. The maximum absolute atomic E-state index is 12.4. The van der Waals surface area contributed by atoms with Gasteiger partial charge in [0.15, 0.2) is 5.76 Å². The third kappa shape index (κ3) is 3.80. The van der Waals surface area contributed by atoms with Crippen LogP contribution in [0.2, 0.25) is 0 Å². The van der Waals surface area contributed by atoms with Crippen molar-refractivity contribution < 1.29 is 14.1 Å². The molecule has 0 radical (unpaired) electrons. The maximum Gasteiger partial charge on any atom is 0.246 e. The average Bonchev–Trinajstić information content (AvgIpc) is 3.28. The van der Waals surface area contributed by atoms with Gasteiger partial charge in [0.25, 0.3) is 0 Å². The van der Waals surface area contributed by atoms with Gasteiger partial charge in [0.1, 0.15) is 5.75 Å². The van der Waals surface area contributed by atoms with Crippen LogP contribution in [0.4, 0.5) is 0 Å². The summed E-state index contributed by atoms with van der Waals surface area (Å²) in [6, 6.07) is 8.03. The van der Waals surface area contributed by atoms with E-state index in [1.807, 2.05) is 36.1 Å². The molecule has 0 bridgehead atoms. The second-order valence-corrected chi connectivity index (χ2v) is 6.83. The summed E-state index contributed by atoms with van der Waals surface area (Å²) in [7, 11) is 0. The zero-order chi connectivity index (χ0) is 17.9. The summed E-state index contributed by atoms with van der Waals surface area (Å²) in [4.78, 5) is 16.6. The minimum absolute atomic E-state index is 0.0666. The van der Waals surface area contributed by atoms with Crippen LogP contribution in [-0.4, -0.2) is 53.6 Å². The van der Waals surface area contributed by atoms with Gasteiger partial charge in [0.2, 0.25) is 5.91 Å². The van der Waals surface area contributed by atoms with E-state index in [2.05, 4.69) is 16.1 Å². The minimum Gasteiger partial charge on any atom is -0.493 e. The van der Waals surface area contributed by atoms with Crippen molar-refractivity contribution in [1.29, 1.82) is 0 Å². The number of aryl methyl sites for hydroxylation is 1. The van der Waals surface area contributed by atoms with Gasteiger partial charge < -0.3 is 14.2 Å². The molecule has 0 aliphatic carbocycles. The Morgan fingerprint density at radius 3 is 2.85 bits per heavy atom. The summed E-state index contributed by atoms with van der Waals surface area (Å²) < 4.78 is 10.8. The van der Waals surface area contributed by atoms with Crippen molar-refractivity contribution in [1.82, 2.24) is 15.0 Å². The van der Waals surface area contributed by atoms with E-state index in [0.29, 0.717) is 0 Å². The van der Waals surface area contributed by atoms with Crippen molar-refractivity contribution in [3.63, 3.8) is 0 Å². The maximum atomic E-state index is 12.4. The third-order valence-corrected chi connectivity index (χ3v) is 4.87. The number of rotatable bonds is 4. The Balaban J connectivity index is 1.29. The molecule has 3 heterocycles. The first-order valence-corrected chi connectivity index (χ1v) is 9.05. The van der Waals surface area contributed by atoms with Gasteiger partial charge in [-0.2, -0.15) is 0 Å². The first-order chi connectivity index (χ1) is 12.7. The van der Waals surface area contributed by atoms with Crippen LogP contribution in [0, 0.1) is 6.92 Å². The number of piperazine rings is 1. The molecule has 1 saturated heterocycles. The number of ether oxygens (including phenoxy) is 1. The molecule has 0 spiro atoms. The van der Waals surface area contributed by atoms with E-state index in [1.165, 1.54) is 5.56 Å². The van der Waals surface area contributed by atoms with Gasteiger partial charge >= 0.3 is 0 Å². The Hall–Kier alpha value is -2.60. The van der Waals surface area contributed by atoms with Crippen LogP contribution in [0.5, 0.6) is 5.75 Å². The van der Waals surface area contributed by atoms with Gasteiger partial charge in [-0.05, 0) is 36.3 Å². The molecule has 1 aromatic carbocycles. The summed E-state index contributed by atoms with van der Waals surface area (Å²) in [5.74, 6) is 1.91. The lowest BCUT2D eigenvalue weighted by atomic mass is 10.1. The van der Waals surface area contributed by atoms with Gasteiger partial charge in [-0.15, -0.1) is 0 Å². The summed E-state index contributed by atoms with van der Waals surface area (Å²) in [6.45, 7) is 6.56. The fraction of sp³-hybridized carbons (Fsp3) is 0.400. The van der Waals surface area contributed by atoms with Crippen molar-refractivity contribution in [2.24, 2.45) is 0 Å². The summed E-state index contributed by atoms with van der Waals surface area (Å²) in [5, 5.41) is 3.92. The Kier molecular flexibility index (Phi) is 4.75. The molecule has 1 fully saturated rings. The molecule has 2 aliphatic heterocycles. The molecule has 4 rings (SSSR count). The Morgan fingerprint density at radius 2 is 2.08 bits per heavy atom. The largest absolute Gasteiger partial charge is 0.493 e. The molecule has 136 valence electrons. The SMILES string of the molecule is Cc1cc(CN2CCN(C(=O)C=Cc3ccc4c(c3)CCO4)CC2)on1. The van der Waals surface area contributed by atoms with Gasteiger partial charge in [-0.1, -0.05) is 11.2 Å². The number of amides is 1. The predicted octanol–water partition coefficient (Wildman–Crippen LogP) is 2.28. The lowest BCUT2D eigenvalue weighted by Gasteiger charge is -2.33. The predicted molar refractivity (Wildman–Crippen MR) is 97.8 cm³/mol. The highest BCUT2D eigenvalue weighted by atomic mass is 16.5. The normalized spacial score (nSPS) is 17.5. The molecule has 0 saturated carbocycles. The number of benzene rings is 1. The standard InChI is InChI=1S/C20H23N3O3/c1-15-12-18(26-21-15)14-22-7-9-23(10-8-22)20(24)5-3-16-2-4-19-17(13-16)6-11-25-19/h2-5,12-13H,6-11,14H2,1H3. The molecule has 2 aliphatic rings. The highest BCUT2D eigenvalue weighted by Gasteiger charge is 2.20. The van der Waals surface area contributed by atoms with Gasteiger partial charge in [0.05, 0.1) is 18.8 Å². The number of aromatic nitrogens is 1. The topological polar surface area (TPSA) is 58.8 Å². The molecule has 1 aromatic heterocycles. The monoisotopic (exact) mass is 353 g/mol. The van der Waals surface area contributed by atoms with Crippen LogP contribution in [0.25, 0.3) is 6.08 Å². The van der Waals surface area contributed by atoms with E-state index in [4.69, 9.17) is 9.26 Å². The molecule has 0 N–H and O–H groups in total. The van der Waals surface area contributed by atoms with E-state index in [1.54, 1.807) is 6.08 Å². The molecular weight excluding hydrogens is 330 g/mol. The van der Waals surface area contributed by atoms with Gasteiger partial charge in [0, 0.05) is 44.7 Å². The van der Waals surface area contributed by atoms with Crippen molar-refractivity contribution in [2.75, 3.05) is 32.8 Å². The van der Waals surface area contributed by atoms with E-state index in [-0.39, 0.29) is 5.91 Å². The van der Waals surface area contributed by atoms with Crippen LogP contribution >= 0.6 is 0 Å². The molecule has 1 amide bonds. The van der Waals surface area contributed by atoms with Crippen LogP contribution in [0.15, 0.2) is 34.9 Å². The lowest BCUT2D eigenvalue weighted by Crippen LogP contribution is -2.47. The van der Waals surface area contributed by atoms with Crippen LogP contribution in [-0.2, 0) is 17.8 Å². The zero-order valence-electron chi connectivity index (χ0n) is 15.0. The van der Waals surface area contributed by atoms with E-state index in [0.717, 1.165) is 68.5 Å². The molecule has 6 nitrogen and oxygen atoms in total. The smallest absolute Gasteiger partial charge is 0.246 e. The third-order valence-electron chi connectivity index (χ3n) is 4.87. The fourth-order valence-corrected chi connectivity index (χ4v) is 3.42. The quantitative estimate of drug-likeness (QED) is 0.789. The zero-order valence-corrected chi connectivity index (χ0v) is 15.0. The van der Waals surface area contributed by atoms with Crippen molar-refractivity contribution in [3.05, 3.63) is 52.9 Å². The molecule has 0 atom stereocenters. The van der Waals surface area contributed by atoms with Gasteiger partial charge in [-0.3, -0.25) is 9.69 Å². The molecular formula is C20H23N3O3. The average molecular weight is 353 g/mol. The first kappa shape index (κ1) is 16.8.